The van der Waals surface area contributed by atoms with Crippen LogP contribution >= 0.6 is 11.3 Å². The highest BCUT2D eigenvalue weighted by Gasteiger charge is 2.34. The second-order valence-electron chi connectivity index (χ2n) is 6.24. The fraction of sp³-hybridized carbons (Fsp3) is 0.316. The van der Waals surface area contributed by atoms with Gasteiger partial charge in [-0.2, -0.15) is 4.98 Å². The normalized spacial score (nSPS) is 16.6. The van der Waals surface area contributed by atoms with Crippen molar-refractivity contribution in [2.45, 2.75) is 25.3 Å². The molecular weight excluding hydrogens is 369 g/mol. The molecule has 27 heavy (non-hydrogen) atoms. The molecule has 1 saturated heterocycles. The van der Waals surface area contributed by atoms with E-state index >= 15 is 0 Å². The highest BCUT2D eigenvalue weighted by molar-refractivity contribution is 7.12. The molecule has 1 atom stereocenters. The van der Waals surface area contributed by atoms with Crippen LogP contribution in [0, 0.1) is 5.82 Å². The largest absolute Gasteiger partial charge is 0.493 e. The predicted molar refractivity (Wildman–Crippen MR) is 97.2 cm³/mol. The quantitative estimate of drug-likeness (QED) is 0.642. The number of hydrogen-bond acceptors (Lipinski definition) is 6. The van der Waals surface area contributed by atoms with Gasteiger partial charge in [-0.25, -0.2) is 4.39 Å². The van der Waals surface area contributed by atoms with E-state index in [-0.39, 0.29) is 17.8 Å². The molecule has 0 bridgehead atoms. The molecule has 1 fully saturated rings. The second-order valence-corrected chi connectivity index (χ2v) is 7.18. The van der Waals surface area contributed by atoms with Crippen molar-refractivity contribution >= 4 is 17.2 Å². The Morgan fingerprint density at radius 3 is 2.96 bits per heavy atom. The number of likely N-dealkylation sites (tertiary alicyclic amines) is 1. The monoisotopic (exact) mass is 387 g/mol. The fourth-order valence-corrected chi connectivity index (χ4v) is 3.78. The van der Waals surface area contributed by atoms with Crippen LogP contribution in [0.1, 0.15) is 40.3 Å². The van der Waals surface area contributed by atoms with Crippen LogP contribution in [0.2, 0.25) is 0 Å². The number of halogens is 1. The summed E-state index contributed by atoms with van der Waals surface area (Å²) in [6.07, 6.45) is 2.18. The summed E-state index contributed by atoms with van der Waals surface area (Å²) in [5, 5.41) is 5.89. The third-order valence-corrected chi connectivity index (χ3v) is 5.28. The Bertz CT molecular complexity index is 895. The summed E-state index contributed by atoms with van der Waals surface area (Å²) in [6, 6.07) is 9.36. The second kappa shape index (κ2) is 7.87. The zero-order chi connectivity index (χ0) is 18.6. The van der Waals surface area contributed by atoms with E-state index in [4.69, 9.17) is 9.26 Å². The first-order valence-electron chi connectivity index (χ1n) is 8.76. The van der Waals surface area contributed by atoms with Gasteiger partial charge in [-0.05, 0) is 48.6 Å². The van der Waals surface area contributed by atoms with Crippen molar-refractivity contribution in [2.75, 3.05) is 13.2 Å². The molecule has 8 heteroatoms. The minimum absolute atomic E-state index is 0.00638. The molecule has 1 aliphatic heterocycles. The molecular formula is C19H18FN3O3S. The van der Waals surface area contributed by atoms with Crippen LogP contribution in [0.25, 0.3) is 0 Å². The minimum atomic E-state index is -0.302. The molecule has 4 rings (SSSR count). The first kappa shape index (κ1) is 17.7. The van der Waals surface area contributed by atoms with Crippen molar-refractivity contribution in [1.29, 1.82) is 0 Å². The van der Waals surface area contributed by atoms with Gasteiger partial charge in [0.05, 0.1) is 11.5 Å². The summed E-state index contributed by atoms with van der Waals surface area (Å²) in [6.45, 7) is 1.04. The molecule has 1 aromatic carbocycles. The fourth-order valence-electron chi connectivity index (χ4n) is 3.10. The van der Waals surface area contributed by atoms with Crippen LogP contribution < -0.4 is 4.74 Å². The lowest BCUT2D eigenvalue weighted by molar-refractivity contribution is 0.0715. The van der Waals surface area contributed by atoms with Gasteiger partial charge in [0.15, 0.2) is 5.82 Å². The summed E-state index contributed by atoms with van der Waals surface area (Å²) in [5.74, 6) is 1.29. The molecule has 6 nitrogen and oxygen atoms in total. The summed E-state index contributed by atoms with van der Waals surface area (Å²) < 4.78 is 23.9. The Morgan fingerprint density at radius 1 is 1.33 bits per heavy atom. The average molecular weight is 387 g/mol. The molecule has 0 radical (unpaired) electrons. The van der Waals surface area contributed by atoms with Gasteiger partial charge < -0.3 is 14.2 Å². The number of thiophene rings is 1. The first-order chi connectivity index (χ1) is 13.2. The molecule has 0 spiro atoms. The zero-order valence-corrected chi connectivity index (χ0v) is 15.3. The van der Waals surface area contributed by atoms with E-state index in [0.29, 0.717) is 41.9 Å². The Labute approximate surface area is 159 Å². The predicted octanol–water partition coefficient (Wildman–Crippen LogP) is 3.87. The van der Waals surface area contributed by atoms with Gasteiger partial charge in [0, 0.05) is 13.0 Å². The molecule has 1 amide bonds. The standard InChI is InChI=1S/C19H18FN3O3S/c20-13-5-7-14(8-6-13)25-11-9-17-21-18(26-22-17)15-3-1-10-23(15)19(24)16-4-2-12-27-16/h2,4-8,12,15H,1,3,9-11H2. The summed E-state index contributed by atoms with van der Waals surface area (Å²) >= 11 is 1.43. The first-order valence-corrected chi connectivity index (χ1v) is 9.64. The van der Waals surface area contributed by atoms with Crippen LogP contribution in [0.5, 0.6) is 5.75 Å². The number of benzene rings is 1. The molecule has 1 aliphatic rings. The number of nitrogens with zero attached hydrogens (tertiary/aromatic N) is 3. The van der Waals surface area contributed by atoms with Crippen LogP contribution in [0.15, 0.2) is 46.3 Å². The number of rotatable bonds is 6. The topological polar surface area (TPSA) is 68.5 Å². The average Bonchev–Trinajstić information content (AvgIpc) is 3.43. The molecule has 0 aliphatic carbocycles. The van der Waals surface area contributed by atoms with Crippen molar-refractivity contribution in [2.24, 2.45) is 0 Å². The molecule has 140 valence electrons. The third-order valence-electron chi connectivity index (χ3n) is 4.42. The van der Waals surface area contributed by atoms with Gasteiger partial charge >= 0.3 is 0 Å². The molecule has 0 N–H and O–H groups in total. The van der Waals surface area contributed by atoms with Gasteiger partial charge in [-0.15, -0.1) is 11.3 Å². The maximum absolute atomic E-state index is 12.9. The van der Waals surface area contributed by atoms with E-state index in [1.807, 2.05) is 17.5 Å². The molecule has 3 heterocycles. The summed E-state index contributed by atoms with van der Waals surface area (Å²) in [4.78, 5) is 19.6. The van der Waals surface area contributed by atoms with Gasteiger partial charge in [0.1, 0.15) is 17.6 Å². The van der Waals surface area contributed by atoms with Gasteiger partial charge in [-0.1, -0.05) is 11.2 Å². The van der Waals surface area contributed by atoms with Crippen LogP contribution in [-0.2, 0) is 6.42 Å². The summed E-state index contributed by atoms with van der Waals surface area (Å²) in [5.41, 5.74) is 0. The van der Waals surface area contributed by atoms with Crippen LogP contribution in [-0.4, -0.2) is 34.1 Å². The highest BCUT2D eigenvalue weighted by Crippen LogP contribution is 2.32. The van der Waals surface area contributed by atoms with Crippen molar-refractivity contribution < 1.29 is 18.4 Å². The molecule has 3 aromatic rings. The van der Waals surface area contributed by atoms with E-state index in [2.05, 4.69) is 10.1 Å². The highest BCUT2D eigenvalue weighted by atomic mass is 32.1. The van der Waals surface area contributed by atoms with Crippen LogP contribution in [0.4, 0.5) is 4.39 Å². The number of amides is 1. The Morgan fingerprint density at radius 2 is 2.19 bits per heavy atom. The van der Waals surface area contributed by atoms with Gasteiger partial charge in [0.25, 0.3) is 5.91 Å². The molecule has 0 saturated carbocycles. The molecule has 2 aromatic heterocycles. The van der Waals surface area contributed by atoms with E-state index in [9.17, 15) is 9.18 Å². The van der Waals surface area contributed by atoms with Crippen molar-refractivity contribution in [3.8, 4) is 5.75 Å². The zero-order valence-electron chi connectivity index (χ0n) is 14.5. The SMILES string of the molecule is O=C(c1cccs1)N1CCCC1c1nc(CCOc2ccc(F)cc2)no1. The lowest BCUT2D eigenvalue weighted by atomic mass is 10.2. The maximum atomic E-state index is 12.9. The van der Waals surface area contributed by atoms with Gasteiger partial charge in [-0.3, -0.25) is 4.79 Å². The van der Waals surface area contributed by atoms with E-state index in [0.717, 1.165) is 12.8 Å². The summed E-state index contributed by atoms with van der Waals surface area (Å²) in [7, 11) is 0. The van der Waals surface area contributed by atoms with E-state index in [1.54, 1.807) is 17.0 Å². The Balaban J connectivity index is 1.36. The number of aromatic nitrogens is 2. The number of ether oxygens (including phenoxy) is 1. The number of carbonyl (C=O) groups is 1. The van der Waals surface area contributed by atoms with E-state index < -0.39 is 0 Å². The number of hydrogen-bond donors (Lipinski definition) is 0. The van der Waals surface area contributed by atoms with Crippen molar-refractivity contribution in [3.63, 3.8) is 0 Å². The van der Waals surface area contributed by atoms with Crippen molar-refractivity contribution in [3.05, 3.63) is 64.2 Å². The maximum Gasteiger partial charge on any atom is 0.264 e. The van der Waals surface area contributed by atoms with E-state index in [1.165, 1.54) is 23.5 Å². The third kappa shape index (κ3) is 4.00. The van der Waals surface area contributed by atoms with Crippen molar-refractivity contribution in [1.82, 2.24) is 15.0 Å². The smallest absolute Gasteiger partial charge is 0.264 e. The van der Waals surface area contributed by atoms with Crippen LogP contribution in [0.3, 0.4) is 0 Å². The Hall–Kier alpha value is -2.74. The molecule has 1 unspecified atom stereocenters. The Kier molecular flexibility index (Phi) is 5.15. The number of carbonyl (C=O) groups excluding carboxylic acids is 1. The minimum Gasteiger partial charge on any atom is -0.493 e. The lowest BCUT2D eigenvalue weighted by Gasteiger charge is -2.20. The van der Waals surface area contributed by atoms with Gasteiger partial charge in [0.2, 0.25) is 5.89 Å². The lowest BCUT2D eigenvalue weighted by Crippen LogP contribution is -2.30.